The van der Waals surface area contributed by atoms with Gasteiger partial charge < -0.3 is 9.72 Å². The summed E-state index contributed by atoms with van der Waals surface area (Å²) in [4.78, 5) is 21.9. The van der Waals surface area contributed by atoms with Gasteiger partial charge in [0.15, 0.2) is 0 Å². The number of thiophene rings is 1. The van der Waals surface area contributed by atoms with Crippen molar-refractivity contribution in [2.45, 2.75) is 32.8 Å². The van der Waals surface area contributed by atoms with Crippen LogP contribution >= 0.6 is 22.9 Å². The topological polar surface area (TPSA) is 55.0 Å². The Morgan fingerprint density at radius 2 is 2.32 bits per heavy atom. The van der Waals surface area contributed by atoms with Crippen LogP contribution < -0.4 is 10.3 Å². The van der Waals surface area contributed by atoms with Crippen molar-refractivity contribution in [3.05, 3.63) is 55.7 Å². The van der Waals surface area contributed by atoms with Crippen LogP contribution in [0.25, 0.3) is 10.2 Å². The molecule has 4 rings (SSSR count). The smallest absolute Gasteiger partial charge is 0.260 e. The van der Waals surface area contributed by atoms with Gasteiger partial charge in [0.05, 0.1) is 10.4 Å². The molecule has 130 valence electrons. The first-order valence-corrected chi connectivity index (χ1v) is 9.32. The van der Waals surface area contributed by atoms with Gasteiger partial charge in [0.2, 0.25) is 0 Å². The minimum Gasteiger partial charge on any atom is -0.484 e. The summed E-state index contributed by atoms with van der Waals surface area (Å²) in [5.41, 5.74) is 1.03. The largest absolute Gasteiger partial charge is 0.484 e. The summed E-state index contributed by atoms with van der Waals surface area (Å²) < 4.78 is 18.7. The molecular formula is C18H16ClFN2O2S. The zero-order chi connectivity index (χ0) is 17.6. The molecule has 0 radical (unpaired) electrons. The molecule has 0 amide bonds. The summed E-state index contributed by atoms with van der Waals surface area (Å²) in [6.45, 7) is 2.30. The maximum absolute atomic E-state index is 13.1. The van der Waals surface area contributed by atoms with E-state index in [1.807, 2.05) is 0 Å². The molecule has 7 heteroatoms. The second-order valence-corrected chi connectivity index (χ2v) is 7.90. The minimum atomic E-state index is -0.427. The molecule has 0 saturated heterocycles. The first-order valence-electron chi connectivity index (χ1n) is 8.12. The second kappa shape index (κ2) is 6.42. The summed E-state index contributed by atoms with van der Waals surface area (Å²) in [7, 11) is 0. The zero-order valence-corrected chi connectivity index (χ0v) is 15.1. The third-order valence-electron chi connectivity index (χ3n) is 4.47. The van der Waals surface area contributed by atoms with Crippen molar-refractivity contribution in [2.24, 2.45) is 5.92 Å². The Bertz CT molecular complexity index is 1010. The number of rotatable bonds is 3. The highest BCUT2D eigenvalue weighted by Crippen LogP contribution is 2.35. The van der Waals surface area contributed by atoms with E-state index in [1.165, 1.54) is 23.1 Å². The predicted octanol–water partition coefficient (Wildman–Crippen LogP) is 4.48. The van der Waals surface area contributed by atoms with Gasteiger partial charge in [-0.05, 0) is 48.9 Å². The number of hydrogen-bond acceptors (Lipinski definition) is 4. The van der Waals surface area contributed by atoms with Gasteiger partial charge >= 0.3 is 0 Å². The normalized spacial score (nSPS) is 16.8. The lowest BCUT2D eigenvalue weighted by atomic mass is 9.89. The highest BCUT2D eigenvalue weighted by atomic mass is 35.5. The quantitative estimate of drug-likeness (QED) is 0.731. The number of aryl methyl sites for hydroxylation is 1. The molecule has 1 aromatic carbocycles. The molecule has 1 atom stereocenters. The van der Waals surface area contributed by atoms with Gasteiger partial charge in [-0.2, -0.15) is 0 Å². The first-order chi connectivity index (χ1) is 12.0. The summed E-state index contributed by atoms with van der Waals surface area (Å²) in [6.07, 6.45) is 3.04. The fourth-order valence-electron chi connectivity index (χ4n) is 3.20. The maximum atomic E-state index is 13.1. The van der Waals surface area contributed by atoms with Gasteiger partial charge in [-0.1, -0.05) is 18.5 Å². The van der Waals surface area contributed by atoms with Crippen LogP contribution in [0.1, 0.15) is 29.6 Å². The van der Waals surface area contributed by atoms with Crippen LogP contribution in [-0.2, 0) is 19.4 Å². The van der Waals surface area contributed by atoms with Crippen molar-refractivity contribution in [3.8, 4) is 5.75 Å². The van der Waals surface area contributed by atoms with Crippen LogP contribution in [-0.4, -0.2) is 9.97 Å². The molecule has 4 nitrogen and oxygen atoms in total. The van der Waals surface area contributed by atoms with Crippen molar-refractivity contribution < 1.29 is 9.13 Å². The first kappa shape index (κ1) is 16.5. The SMILES string of the molecule is C[C@H]1CCc2c(sc3nc(COc4ccc(F)cc4Cl)[nH]c(=O)c23)C1. The van der Waals surface area contributed by atoms with Gasteiger partial charge in [-0.25, -0.2) is 9.37 Å². The molecule has 1 N–H and O–H groups in total. The number of ether oxygens (including phenoxy) is 1. The average Bonchev–Trinajstić information content (AvgIpc) is 2.91. The summed E-state index contributed by atoms with van der Waals surface area (Å²) in [6, 6.07) is 3.92. The summed E-state index contributed by atoms with van der Waals surface area (Å²) in [5, 5.41) is 0.902. The van der Waals surface area contributed by atoms with E-state index >= 15 is 0 Å². The molecule has 25 heavy (non-hydrogen) atoms. The minimum absolute atomic E-state index is 0.0650. The Kier molecular flexibility index (Phi) is 4.25. The van der Waals surface area contributed by atoms with E-state index in [2.05, 4.69) is 16.9 Å². The maximum Gasteiger partial charge on any atom is 0.260 e. The van der Waals surface area contributed by atoms with Crippen molar-refractivity contribution in [1.29, 1.82) is 0 Å². The Labute approximate surface area is 152 Å². The van der Waals surface area contributed by atoms with Crippen molar-refractivity contribution in [1.82, 2.24) is 9.97 Å². The standard InChI is InChI=1S/C18H16ClFN2O2S/c1-9-2-4-11-14(6-9)25-18-16(11)17(23)21-15(22-18)8-24-13-5-3-10(20)7-12(13)19/h3,5,7,9H,2,4,6,8H2,1H3,(H,21,22,23)/t9-/m0/s1. The number of aromatic amines is 1. The molecule has 0 saturated carbocycles. The van der Waals surface area contributed by atoms with Gasteiger partial charge in [0, 0.05) is 4.88 Å². The fraction of sp³-hybridized carbons (Fsp3) is 0.333. The van der Waals surface area contributed by atoms with Gasteiger partial charge in [0.1, 0.15) is 28.8 Å². The monoisotopic (exact) mass is 378 g/mol. The van der Waals surface area contributed by atoms with Gasteiger partial charge in [-0.3, -0.25) is 4.79 Å². The number of aromatic nitrogens is 2. The van der Waals surface area contributed by atoms with Crippen molar-refractivity contribution in [3.63, 3.8) is 0 Å². The van der Waals surface area contributed by atoms with Crippen molar-refractivity contribution >= 4 is 33.2 Å². The van der Waals surface area contributed by atoms with Gasteiger partial charge in [0.25, 0.3) is 5.56 Å². The lowest BCUT2D eigenvalue weighted by Gasteiger charge is -2.17. The van der Waals surface area contributed by atoms with E-state index in [0.717, 1.165) is 35.0 Å². The molecule has 1 aliphatic carbocycles. The highest BCUT2D eigenvalue weighted by Gasteiger charge is 2.23. The van der Waals surface area contributed by atoms with E-state index < -0.39 is 5.82 Å². The highest BCUT2D eigenvalue weighted by molar-refractivity contribution is 7.18. The number of halogens is 2. The van der Waals surface area contributed by atoms with Crippen LogP contribution in [0, 0.1) is 11.7 Å². The van der Waals surface area contributed by atoms with Crippen LogP contribution in [0.3, 0.4) is 0 Å². The number of fused-ring (bicyclic) bond motifs is 3. The van der Waals surface area contributed by atoms with Crippen LogP contribution in [0.5, 0.6) is 5.75 Å². The fourth-order valence-corrected chi connectivity index (χ4v) is 4.82. The Morgan fingerprint density at radius 3 is 3.12 bits per heavy atom. The molecule has 0 unspecified atom stereocenters. The van der Waals surface area contributed by atoms with E-state index in [0.29, 0.717) is 17.5 Å². The molecule has 2 heterocycles. The Morgan fingerprint density at radius 1 is 1.48 bits per heavy atom. The Hall–Kier alpha value is -1.92. The van der Waals surface area contributed by atoms with Gasteiger partial charge in [-0.15, -0.1) is 11.3 Å². The third-order valence-corrected chi connectivity index (χ3v) is 5.92. The molecule has 0 bridgehead atoms. The molecule has 0 fully saturated rings. The summed E-state index contributed by atoms with van der Waals surface area (Å²) in [5.74, 6) is 1.00. The molecule has 3 aromatic rings. The number of H-pyrrole nitrogens is 1. The number of benzene rings is 1. The number of nitrogens with zero attached hydrogens (tertiary/aromatic N) is 1. The van der Waals surface area contributed by atoms with E-state index in [1.54, 1.807) is 11.3 Å². The molecule has 1 aliphatic rings. The molecule has 0 spiro atoms. The lowest BCUT2D eigenvalue weighted by molar-refractivity contribution is 0.296. The van der Waals surface area contributed by atoms with Crippen LogP contribution in [0.4, 0.5) is 4.39 Å². The van der Waals surface area contributed by atoms with Crippen LogP contribution in [0.15, 0.2) is 23.0 Å². The van der Waals surface area contributed by atoms with Crippen molar-refractivity contribution in [2.75, 3.05) is 0 Å². The van der Waals surface area contributed by atoms with E-state index in [9.17, 15) is 9.18 Å². The third kappa shape index (κ3) is 3.16. The van der Waals surface area contributed by atoms with E-state index in [-0.39, 0.29) is 17.2 Å². The average molecular weight is 379 g/mol. The molecule has 2 aromatic heterocycles. The number of nitrogens with one attached hydrogen (secondary N) is 1. The van der Waals surface area contributed by atoms with Crippen LogP contribution in [0.2, 0.25) is 5.02 Å². The molecule has 0 aliphatic heterocycles. The number of hydrogen-bond donors (Lipinski definition) is 1. The molecular weight excluding hydrogens is 363 g/mol. The zero-order valence-electron chi connectivity index (χ0n) is 13.6. The second-order valence-electron chi connectivity index (χ2n) is 6.41. The summed E-state index contributed by atoms with van der Waals surface area (Å²) >= 11 is 7.55. The Balaban J connectivity index is 1.64. The predicted molar refractivity (Wildman–Crippen MR) is 97.2 cm³/mol. The lowest BCUT2D eigenvalue weighted by Crippen LogP contribution is -2.15. The van der Waals surface area contributed by atoms with E-state index in [4.69, 9.17) is 16.3 Å².